The van der Waals surface area contributed by atoms with E-state index in [4.69, 9.17) is 0 Å². The molecule has 33 heavy (non-hydrogen) atoms. The largest absolute Gasteiger partial charge is 0.366 e. The van der Waals surface area contributed by atoms with Crippen LogP contribution in [0.4, 0.5) is 10.1 Å². The van der Waals surface area contributed by atoms with Crippen LogP contribution in [0, 0.1) is 5.82 Å². The highest BCUT2D eigenvalue weighted by molar-refractivity contribution is 7.09. The smallest absolute Gasteiger partial charge is 0.329 e. The quantitative estimate of drug-likeness (QED) is 0.504. The van der Waals surface area contributed by atoms with Gasteiger partial charge in [-0.15, -0.1) is 11.3 Å². The van der Waals surface area contributed by atoms with Crippen molar-refractivity contribution in [2.24, 2.45) is 0 Å². The predicted octanol–water partition coefficient (Wildman–Crippen LogP) is 2.90. The summed E-state index contributed by atoms with van der Waals surface area (Å²) in [4.78, 5) is 45.7. The van der Waals surface area contributed by atoms with Crippen LogP contribution in [-0.4, -0.2) is 46.5 Å². The molecule has 9 heteroatoms. The van der Waals surface area contributed by atoms with Crippen molar-refractivity contribution in [1.82, 2.24) is 14.5 Å². The van der Waals surface area contributed by atoms with Crippen LogP contribution in [0.3, 0.4) is 0 Å². The van der Waals surface area contributed by atoms with Gasteiger partial charge in [0.1, 0.15) is 5.82 Å². The molecule has 0 unspecified atom stereocenters. The summed E-state index contributed by atoms with van der Waals surface area (Å²) in [7, 11) is 0. The van der Waals surface area contributed by atoms with E-state index in [1.54, 1.807) is 41.3 Å². The normalized spacial score (nSPS) is 14.1. The molecular formula is C24H21FN4O3S. The fourth-order valence-electron chi connectivity index (χ4n) is 4.13. The highest BCUT2D eigenvalue weighted by Crippen LogP contribution is 2.21. The van der Waals surface area contributed by atoms with Gasteiger partial charge >= 0.3 is 5.69 Å². The number of aromatic nitrogens is 2. The summed E-state index contributed by atoms with van der Waals surface area (Å²) in [5, 5.41) is 2.25. The lowest BCUT2D eigenvalue weighted by atomic mass is 10.1. The number of anilines is 1. The average Bonchev–Trinajstić information content (AvgIpc) is 3.35. The minimum atomic E-state index is -0.510. The Balaban J connectivity index is 1.36. The van der Waals surface area contributed by atoms with Crippen molar-refractivity contribution in [3.05, 3.63) is 97.1 Å². The number of halogens is 1. The molecule has 1 fully saturated rings. The van der Waals surface area contributed by atoms with Crippen molar-refractivity contribution in [3.63, 3.8) is 0 Å². The molecule has 2 aromatic heterocycles. The first-order chi connectivity index (χ1) is 16.0. The summed E-state index contributed by atoms with van der Waals surface area (Å²) in [6.07, 6.45) is 0. The standard InChI is InChI=1S/C24H21FN4O3S/c25-19-5-1-2-6-21(19)27-9-11-28(12-10-27)22(30)16-7-8-18-20(14-16)26-24(32)29(23(18)31)15-17-4-3-13-33-17/h1-8,13-14H,9-12,15H2,(H,26,32). The number of thiophene rings is 1. The van der Waals surface area contributed by atoms with Gasteiger partial charge in [-0.25, -0.2) is 9.18 Å². The van der Waals surface area contributed by atoms with Gasteiger partial charge < -0.3 is 14.8 Å². The molecule has 0 spiro atoms. The first-order valence-electron chi connectivity index (χ1n) is 10.6. The Hall–Kier alpha value is -3.72. The van der Waals surface area contributed by atoms with Gasteiger partial charge in [0, 0.05) is 36.6 Å². The second-order valence-electron chi connectivity index (χ2n) is 7.89. The van der Waals surface area contributed by atoms with Gasteiger partial charge in [0.2, 0.25) is 0 Å². The molecule has 1 saturated heterocycles. The maximum atomic E-state index is 14.1. The maximum Gasteiger partial charge on any atom is 0.329 e. The van der Waals surface area contributed by atoms with Crippen LogP contribution in [0.5, 0.6) is 0 Å². The number of rotatable bonds is 4. The Morgan fingerprint density at radius 2 is 1.79 bits per heavy atom. The van der Waals surface area contributed by atoms with Gasteiger partial charge in [0.05, 0.1) is 23.1 Å². The Kier molecular flexibility index (Phi) is 5.55. The molecule has 4 aromatic rings. The molecule has 0 aliphatic carbocycles. The van der Waals surface area contributed by atoms with E-state index in [9.17, 15) is 18.8 Å². The second-order valence-corrected chi connectivity index (χ2v) is 8.92. The molecular weight excluding hydrogens is 443 g/mol. The van der Waals surface area contributed by atoms with E-state index in [1.807, 2.05) is 22.4 Å². The zero-order valence-corrected chi connectivity index (χ0v) is 18.5. The number of hydrogen-bond acceptors (Lipinski definition) is 5. The van der Waals surface area contributed by atoms with Crippen LogP contribution in [0.25, 0.3) is 10.9 Å². The number of benzene rings is 2. The van der Waals surface area contributed by atoms with E-state index >= 15 is 0 Å². The topological polar surface area (TPSA) is 78.4 Å². The number of aromatic amines is 1. The van der Waals surface area contributed by atoms with Gasteiger partial charge in [-0.3, -0.25) is 14.2 Å². The van der Waals surface area contributed by atoms with E-state index in [0.717, 1.165) is 9.44 Å². The molecule has 0 atom stereocenters. The second kappa shape index (κ2) is 8.67. The summed E-state index contributed by atoms with van der Waals surface area (Å²) < 4.78 is 15.2. The summed E-state index contributed by atoms with van der Waals surface area (Å²) in [5.41, 5.74) is 0.367. The number of carbonyl (C=O) groups excluding carboxylic acids is 1. The molecule has 0 bridgehead atoms. The van der Waals surface area contributed by atoms with Crippen LogP contribution < -0.4 is 16.1 Å². The van der Waals surface area contributed by atoms with Crippen LogP contribution >= 0.6 is 11.3 Å². The average molecular weight is 465 g/mol. The highest BCUT2D eigenvalue weighted by Gasteiger charge is 2.24. The van der Waals surface area contributed by atoms with Crippen molar-refractivity contribution >= 4 is 33.8 Å². The Morgan fingerprint density at radius 3 is 2.52 bits per heavy atom. The third-order valence-electron chi connectivity index (χ3n) is 5.88. The molecule has 1 N–H and O–H groups in total. The minimum absolute atomic E-state index is 0.186. The van der Waals surface area contributed by atoms with Gasteiger partial charge in [-0.1, -0.05) is 18.2 Å². The number of nitrogens with one attached hydrogen (secondary N) is 1. The summed E-state index contributed by atoms with van der Waals surface area (Å²) in [6, 6.07) is 15.1. The molecule has 5 rings (SSSR count). The highest BCUT2D eigenvalue weighted by atomic mass is 32.1. The number of hydrogen-bond donors (Lipinski definition) is 1. The zero-order valence-electron chi connectivity index (χ0n) is 17.7. The van der Waals surface area contributed by atoms with Crippen molar-refractivity contribution in [3.8, 4) is 0 Å². The van der Waals surface area contributed by atoms with Crippen molar-refractivity contribution in [2.75, 3.05) is 31.1 Å². The lowest BCUT2D eigenvalue weighted by Crippen LogP contribution is -2.49. The van der Waals surface area contributed by atoms with E-state index < -0.39 is 5.69 Å². The third kappa shape index (κ3) is 4.07. The molecule has 3 heterocycles. The van der Waals surface area contributed by atoms with Gasteiger partial charge in [-0.2, -0.15) is 0 Å². The number of fused-ring (bicyclic) bond motifs is 1. The van der Waals surface area contributed by atoms with Crippen LogP contribution in [0.15, 0.2) is 69.6 Å². The third-order valence-corrected chi connectivity index (χ3v) is 6.74. The molecule has 1 aliphatic rings. The van der Waals surface area contributed by atoms with Crippen LogP contribution in [0.1, 0.15) is 15.2 Å². The summed E-state index contributed by atoms with van der Waals surface area (Å²) in [5.74, 6) is -0.464. The van der Waals surface area contributed by atoms with Crippen molar-refractivity contribution < 1.29 is 9.18 Å². The summed E-state index contributed by atoms with van der Waals surface area (Å²) in [6.45, 7) is 2.14. The van der Waals surface area contributed by atoms with Crippen LogP contribution in [-0.2, 0) is 6.54 Å². The van der Waals surface area contributed by atoms with Gasteiger partial charge in [0.25, 0.3) is 11.5 Å². The fraction of sp³-hybridized carbons (Fsp3) is 0.208. The zero-order chi connectivity index (χ0) is 22.9. The van der Waals surface area contributed by atoms with E-state index in [2.05, 4.69) is 4.98 Å². The Labute approximate surface area is 192 Å². The molecule has 0 saturated carbocycles. The van der Waals surface area contributed by atoms with Gasteiger partial charge in [0.15, 0.2) is 0 Å². The van der Waals surface area contributed by atoms with Crippen molar-refractivity contribution in [2.45, 2.75) is 6.54 Å². The minimum Gasteiger partial charge on any atom is -0.366 e. The van der Waals surface area contributed by atoms with Crippen molar-refractivity contribution in [1.29, 1.82) is 0 Å². The lowest BCUT2D eigenvalue weighted by molar-refractivity contribution is 0.0747. The van der Waals surface area contributed by atoms with E-state index in [0.29, 0.717) is 48.3 Å². The Bertz CT molecular complexity index is 1440. The van der Waals surface area contributed by atoms with E-state index in [1.165, 1.54) is 17.4 Å². The number of piperazine rings is 1. The molecule has 0 radical (unpaired) electrons. The molecule has 2 aromatic carbocycles. The Morgan fingerprint density at radius 1 is 1.00 bits per heavy atom. The first-order valence-corrected chi connectivity index (χ1v) is 11.5. The molecule has 1 aliphatic heterocycles. The number of H-pyrrole nitrogens is 1. The lowest BCUT2D eigenvalue weighted by Gasteiger charge is -2.36. The molecule has 168 valence electrons. The maximum absolute atomic E-state index is 14.1. The van der Waals surface area contributed by atoms with Gasteiger partial charge in [-0.05, 0) is 41.8 Å². The fourth-order valence-corrected chi connectivity index (χ4v) is 4.82. The van der Waals surface area contributed by atoms with E-state index in [-0.39, 0.29) is 23.8 Å². The predicted molar refractivity (Wildman–Crippen MR) is 127 cm³/mol. The monoisotopic (exact) mass is 464 g/mol. The molecule has 1 amide bonds. The first kappa shape index (κ1) is 21.1. The summed E-state index contributed by atoms with van der Waals surface area (Å²) >= 11 is 1.48. The SMILES string of the molecule is O=C(c1ccc2c(=O)n(Cc3cccs3)c(=O)[nH]c2c1)N1CCN(c2ccccc2F)CC1. The number of nitrogens with zero attached hydrogens (tertiary/aromatic N) is 3. The number of carbonyl (C=O) groups is 1. The van der Waals surface area contributed by atoms with Crippen LogP contribution in [0.2, 0.25) is 0 Å². The number of amides is 1. The number of para-hydroxylation sites is 1. The molecule has 7 nitrogen and oxygen atoms in total.